The number of esters is 1. The van der Waals surface area contributed by atoms with Crippen molar-refractivity contribution in [1.82, 2.24) is 14.8 Å². The van der Waals surface area contributed by atoms with Crippen LogP contribution in [0.5, 0.6) is 0 Å². The highest BCUT2D eigenvalue weighted by Crippen LogP contribution is 2.26. The molecule has 1 aliphatic heterocycles. The van der Waals surface area contributed by atoms with Gasteiger partial charge in [0.1, 0.15) is 6.04 Å². The highest BCUT2D eigenvalue weighted by atomic mass is 32.1. The molecule has 1 aromatic heterocycles. The number of aromatic nitrogens is 1. The zero-order valence-corrected chi connectivity index (χ0v) is 14.2. The number of likely N-dealkylation sites (N-methyl/N-ethyl adjacent to an activating group) is 1. The van der Waals surface area contributed by atoms with Crippen LogP contribution in [0, 0.1) is 0 Å². The first kappa shape index (κ1) is 15.9. The van der Waals surface area contributed by atoms with Crippen LogP contribution in [0.1, 0.15) is 16.8 Å². The first-order valence-electron chi connectivity index (χ1n) is 7.39. The van der Waals surface area contributed by atoms with Crippen molar-refractivity contribution in [2.45, 2.75) is 18.5 Å². The molecule has 1 amide bonds. The van der Waals surface area contributed by atoms with E-state index in [1.165, 1.54) is 18.4 Å². The van der Waals surface area contributed by atoms with E-state index < -0.39 is 6.04 Å². The molecule has 1 aromatic carbocycles. The van der Waals surface area contributed by atoms with Crippen molar-refractivity contribution in [3.63, 3.8) is 0 Å². The van der Waals surface area contributed by atoms with Gasteiger partial charge in [-0.2, -0.15) is 0 Å². The number of carbonyl (C=O) groups excluding carboxylic acids is 2. The summed E-state index contributed by atoms with van der Waals surface area (Å²) < 4.78 is 5.84. The Morgan fingerprint density at radius 2 is 2.17 bits per heavy atom. The van der Waals surface area contributed by atoms with E-state index in [0.29, 0.717) is 18.5 Å². The molecule has 3 rings (SSSR count). The van der Waals surface area contributed by atoms with Gasteiger partial charge in [0.15, 0.2) is 0 Å². The maximum atomic E-state index is 12.9. The summed E-state index contributed by atoms with van der Waals surface area (Å²) in [5.41, 5.74) is 3.22. The van der Waals surface area contributed by atoms with Gasteiger partial charge in [0.2, 0.25) is 0 Å². The van der Waals surface area contributed by atoms with Gasteiger partial charge in [-0.05, 0) is 38.7 Å². The van der Waals surface area contributed by atoms with E-state index in [1.54, 1.807) is 16.5 Å². The van der Waals surface area contributed by atoms with Gasteiger partial charge in [-0.3, -0.25) is 4.79 Å². The molecule has 1 fully saturated rings. The van der Waals surface area contributed by atoms with Gasteiger partial charge in [-0.1, -0.05) is 0 Å². The smallest absolute Gasteiger partial charge is 0.328 e. The third-order valence-corrected chi connectivity index (χ3v) is 5.11. The minimum absolute atomic E-state index is 0.139. The van der Waals surface area contributed by atoms with E-state index >= 15 is 0 Å². The number of nitrogens with zero attached hydrogens (tertiary/aromatic N) is 3. The molecule has 23 heavy (non-hydrogen) atoms. The molecule has 2 atom stereocenters. The number of methoxy groups -OCH3 is 1. The van der Waals surface area contributed by atoms with E-state index in [4.69, 9.17) is 4.74 Å². The molecule has 2 aromatic rings. The molecule has 6 nitrogen and oxygen atoms in total. The summed E-state index contributed by atoms with van der Waals surface area (Å²) in [6, 6.07) is 5.06. The first-order chi connectivity index (χ1) is 11.0. The number of thiazole rings is 1. The SMILES string of the molecule is COC(=O)[C@@H]1C[C@@H](N(C)C)CN1C(=O)c1ccc2ncsc2c1. The molecule has 1 aliphatic rings. The molecule has 0 spiro atoms. The number of ether oxygens (including phenoxy) is 1. The van der Waals surface area contributed by atoms with Gasteiger partial charge in [0, 0.05) is 18.2 Å². The summed E-state index contributed by atoms with van der Waals surface area (Å²) in [6.45, 7) is 0.520. The highest BCUT2D eigenvalue weighted by molar-refractivity contribution is 7.16. The summed E-state index contributed by atoms with van der Waals surface area (Å²) in [7, 11) is 5.27. The average Bonchev–Trinajstić information content (AvgIpc) is 3.19. The number of hydrogen-bond donors (Lipinski definition) is 0. The Labute approximate surface area is 138 Å². The van der Waals surface area contributed by atoms with Crippen molar-refractivity contribution < 1.29 is 14.3 Å². The highest BCUT2D eigenvalue weighted by Gasteiger charge is 2.41. The van der Waals surface area contributed by atoms with E-state index in [9.17, 15) is 9.59 Å². The van der Waals surface area contributed by atoms with Crippen LogP contribution >= 0.6 is 11.3 Å². The molecule has 122 valence electrons. The van der Waals surface area contributed by atoms with Crippen LogP contribution in [0.15, 0.2) is 23.7 Å². The predicted octanol–water partition coefficient (Wildman–Crippen LogP) is 1.61. The van der Waals surface area contributed by atoms with Gasteiger partial charge in [0.25, 0.3) is 5.91 Å². The maximum absolute atomic E-state index is 12.9. The number of rotatable bonds is 3. The molecule has 0 N–H and O–H groups in total. The van der Waals surface area contributed by atoms with E-state index in [-0.39, 0.29) is 17.9 Å². The van der Waals surface area contributed by atoms with Crippen LogP contribution in [0.25, 0.3) is 10.2 Å². The summed E-state index contributed by atoms with van der Waals surface area (Å²) >= 11 is 1.50. The second-order valence-corrected chi connectivity index (χ2v) is 6.77. The number of fused-ring (bicyclic) bond motifs is 1. The quantitative estimate of drug-likeness (QED) is 0.799. The minimum Gasteiger partial charge on any atom is -0.467 e. The van der Waals surface area contributed by atoms with Crippen LogP contribution < -0.4 is 0 Å². The van der Waals surface area contributed by atoms with Crippen molar-refractivity contribution >= 4 is 33.4 Å². The van der Waals surface area contributed by atoms with Gasteiger partial charge in [-0.25, -0.2) is 9.78 Å². The summed E-state index contributed by atoms with van der Waals surface area (Å²) in [6.07, 6.45) is 0.591. The minimum atomic E-state index is -0.531. The van der Waals surface area contributed by atoms with Gasteiger partial charge >= 0.3 is 5.97 Å². The van der Waals surface area contributed by atoms with Crippen LogP contribution in [0.4, 0.5) is 0 Å². The Balaban J connectivity index is 1.90. The molecule has 7 heteroatoms. The standard InChI is InChI=1S/C16H19N3O3S/c1-18(2)11-7-13(16(21)22-3)19(8-11)15(20)10-4-5-12-14(6-10)23-9-17-12/h4-6,9,11,13H,7-8H2,1-3H3/t11-,13+/m1/s1. The van der Waals surface area contributed by atoms with Gasteiger partial charge < -0.3 is 14.5 Å². The Bertz CT molecular complexity index is 743. The van der Waals surface area contributed by atoms with Crippen molar-refractivity contribution in [1.29, 1.82) is 0 Å². The van der Waals surface area contributed by atoms with E-state index in [1.807, 2.05) is 31.1 Å². The van der Waals surface area contributed by atoms with Gasteiger partial charge in [-0.15, -0.1) is 11.3 Å². The summed E-state index contributed by atoms with van der Waals surface area (Å²) in [5.74, 6) is -0.499. The molecule has 0 radical (unpaired) electrons. The summed E-state index contributed by atoms with van der Waals surface area (Å²) in [4.78, 5) is 32.8. The van der Waals surface area contributed by atoms with Crippen LogP contribution in [-0.4, -0.2) is 66.5 Å². The zero-order valence-electron chi connectivity index (χ0n) is 13.4. The van der Waals surface area contributed by atoms with Crippen molar-refractivity contribution in [3.05, 3.63) is 29.3 Å². The first-order valence-corrected chi connectivity index (χ1v) is 8.27. The predicted molar refractivity (Wildman–Crippen MR) is 88.6 cm³/mol. The Morgan fingerprint density at radius 3 is 2.87 bits per heavy atom. The normalized spacial score (nSPS) is 21.1. The molecular formula is C16H19N3O3S. The molecule has 0 bridgehead atoms. The molecule has 2 heterocycles. The molecule has 0 unspecified atom stereocenters. The fourth-order valence-corrected chi connectivity index (χ4v) is 3.64. The lowest BCUT2D eigenvalue weighted by Gasteiger charge is -2.23. The molecule has 0 aliphatic carbocycles. The Morgan fingerprint density at radius 1 is 1.39 bits per heavy atom. The average molecular weight is 333 g/mol. The summed E-state index contributed by atoms with van der Waals surface area (Å²) in [5, 5.41) is 0. The number of carbonyl (C=O) groups is 2. The third-order valence-electron chi connectivity index (χ3n) is 4.32. The number of hydrogen-bond acceptors (Lipinski definition) is 6. The lowest BCUT2D eigenvalue weighted by atomic mass is 10.1. The number of benzene rings is 1. The Hall–Kier alpha value is -1.99. The lowest BCUT2D eigenvalue weighted by molar-refractivity contribution is -0.145. The van der Waals surface area contributed by atoms with Crippen molar-refractivity contribution in [3.8, 4) is 0 Å². The molecule has 0 saturated carbocycles. The van der Waals surface area contributed by atoms with Crippen LogP contribution in [0.2, 0.25) is 0 Å². The molecule has 1 saturated heterocycles. The largest absolute Gasteiger partial charge is 0.467 e. The Kier molecular flexibility index (Phi) is 4.32. The van der Waals surface area contributed by atoms with E-state index in [0.717, 1.165) is 10.2 Å². The second kappa shape index (κ2) is 6.25. The van der Waals surface area contributed by atoms with Crippen LogP contribution in [-0.2, 0) is 9.53 Å². The lowest BCUT2D eigenvalue weighted by Crippen LogP contribution is -2.41. The zero-order chi connectivity index (χ0) is 16.6. The number of amides is 1. The van der Waals surface area contributed by atoms with E-state index in [2.05, 4.69) is 4.98 Å². The number of likely N-dealkylation sites (tertiary alicyclic amines) is 1. The van der Waals surface area contributed by atoms with Crippen molar-refractivity contribution in [2.75, 3.05) is 27.7 Å². The fourth-order valence-electron chi connectivity index (χ4n) is 2.93. The third kappa shape index (κ3) is 2.94. The maximum Gasteiger partial charge on any atom is 0.328 e. The fraction of sp³-hybridized carbons (Fsp3) is 0.438. The monoisotopic (exact) mass is 333 g/mol. The van der Waals surface area contributed by atoms with Crippen LogP contribution in [0.3, 0.4) is 0 Å². The second-order valence-electron chi connectivity index (χ2n) is 5.88. The molecular weight excluding hydrogens is 314 g/mol. The van der Waals surface area contributed by atoms with Crippen molar-refractivity contribution in [2.24, 2.45) is 0 Å². The van der Waals surface area contributed by atoms with Gasteiger partial charge in [0.05, 0.1) is 22.8 Å². The topological polar surface area (TPSA) is 62.7 Å².